The van der Waals surface area contributed by atoms with E-state index in [9.17, 15) is 39.3 Å². The van der Waals surface area contributed by atoms with Gasteiger partial charge in [0.05, 0.1) is 25.7 Å². The van der Waals surface area contributed by atoms with Crippen LogP contribution in [0.5, 0.6) is 5.75 Å². The van der Waals surface area contributed by atoms with E-state index in [1.54, 1.807) is 41.3 Å². The van der Waals surface area contributed by atoms with Gasteiger partial charge in [0, 0.05) is 31.3 Å². The van der Waals surface area contributed by atoms with Gasteiger partial charge in [-0.25, -0.2) is 9.59 Å². The Bertz CT molecular complexity index is 1770. The number of ether oxygens (including phenoxy) is 4. The molecule has 5 N–H and O–H groups in total. The normalized spacial score (nSPS) is 22.2. The van der Waals surface area contributed by atoms with Crippen LogP contribution in [0.15, 0.2) is 72.8 Å². The summed E-state index contributed by atoms with van der Waals surface area (Å²) in [5.74, 6) is -4.84. The van der Waals surface area contributed by atoms with E-state index in [-0.39, 0.29) is 38.6 Å². The van der Waals surface area contributed by atoms with E-state index in [1.807, 2.05) is 50.2 Å². The molecule has 0 radical (unpaired) electrons. The van der Waals surface area contributed by atoms with Crippen LogP contribution in [0, 0.1) is 11.8 Å². The number of fused-ring (bicyclic) bond motifs is 2. The molecule has 15 heteroatoms. The Morgan fingerprint density at radius 2 is 1.65 bits per heavy atom. The van der Waals surface area contributed by atoms with Crippen molar-refractivity contribution in [1.82, 2.24) is 15.5 Å². The molecule has 2 heterocycles. The Morgan fingerprint density at radius 1 is 0.926 bits per heavy atom. The molecule has 54 heavy (non-hydrogen) atoms. The van der Waals surface area contributed by atoms with E-state index >= 15 is 0 Å². The molecule has 0 spiro atoms. The minimum absolute atomic E-state index is 0.0342. The number of hydrogen-bond donors (Lipinski definition) is 5. The minimum Gasteiger partial charge on any atom is -0.482 e. The zero-order chi connectivity index (χ0) is 38.8. The van der Waals surface area contributed by atoms with Crippen molar-refractivity contribution < 1.29 is 58.2 Å². The number of carboxylic acid groups (broad SMARTS) is 2. The van der Waals surface area contributed by atoms with Crippen LogP contribution in [0.1, 0.15) is 32.3 Å². The Morgan fingerprint density at radius 3 is 2.35 bits per heavy atom. The van der Waals surface area contributed by atoms with Crippen molar-refractivity contribution in [3.05, 3.63) is 78.4 Å². The first-order valence-electron chi connectivity index (χ1n) is 17.9. The van der Waals surface area contributed by atoms with Crippen LogP contribution in [0.2, 0.25) is 0 Å². The first-order chi connectivity index (χ1) is 25.9. The molecule has 0 saturated carbocycles. The maximum Gasteiger partial charge on any atom is 0.344 e. The van der Waals surface area contributed by atoms with Crippen molar-refractivity contribution >= 4 is 40.5 Å². The third-order valence-electron chi connectivity index (χ3n) is 9.32. The largest absolute Gasteiger partial charge is 0.482 e. The molecule has 7 atom stereocenters. The molecule has 0 aliphatic carbocycles. The molecule has 15 nitrogen and oxygen atoms in total. The molecule has 3 aromatic carbocycles. The summed E-state index contributed by atoms with van der Waals surface area (Å²) in [4.78, 5) is 64.7. The van der Waals surface area contributed by atoms with Gasteiger partial charge in [-0.15, -0.1) is 0 Å². The summed E-state index contributed by atoms with van der Waals surface area (Å²) < 4.78 is 23.5. The number of aliphatic hydroxyl groups is 1. The van der Waals surface area contributed by atoms with Crippen LogP contribution >= 0.6 is 0 Å². The van der Waals surface area contributed by atoms with Crippen LogP contribution in [0.3, 0.4) is 0 Å². The summed E-state index contributed by atoms with van der Waals surface area (Å²) in [5.41, 5.74) is 0.635. The minimum atomic E-state index is -1.59. The summed E-state index contributed by atoms with van der Waals surface area (Å²) in [7, 11) is 0. The fraction of sp³-hybridized carbons (Fsp3) is 0.462. The number of amides is 2. The number of rotatable bonds is 18. The van der Waals surface area contributed by atoms with E-state index in [0.29, 0.717) is 24.3 Å². The molecular weight excluding hydrogens is 702 g/mol. The van der Waals surface area contributed by atoms with Gasteiger partial charge in [0.25, 0.3) is 0 Å². The lowest BCUT2D eigenvalue weighted by molar-refractivity contribution is -0.235. The van der Waals surface area contributed by atoms with Gasteiger partial charge in [0.15, 0.2) is 12.9 Å². The summed E-state index contributed by atoms with van der Waals surface area (Å²) in [6, 6.07) is 18.2. The fourth-order valence-corrected chi connectivity index (χ4v) is 6.82. The third-order valence-corrected chi connectivity index (χ3v) is 9.32. The maximum absolute atomic E-state index is 13.4. The van der Waals surface area contributed by atoms with Gasteiger partial charge >= 0.3 is 17.9 Å². The molecule has 0 unspecified atom stereocenters. The number of likely N-dealkylation sites (tertiary alicyclic amines) is 1. The summed E-state index contributed by atoms with van der Waals surface area (Å²) in [5, 5.41) is 37.1. The zero-order valence-corrected chi connectivity index (χ0v) is 30.2. The van der Waals surface area contributed by atoms with Gasteiger partial charge in [-0.1, -0.05) is 74.5 Å². The topological polar surface area (TPSA) is 210 Å². The lowest BCUT2D eigenvalue weighted by Gasteiger charge is -2.41. The number of aliphatic hydroxyl groups excluding tert-OH is 1. The number of carbonyl (C=O) groups excluding carboxylic acids is 3. The van der Waals surface area contributed by atoms with Gasteiger partial charge in [-0.05, 0) is 34.4 Å². The number of β-amino-alcohol motifs (C(OH)–C–C–N with tert-alkyl or cyclic N) is 1. The monoisotopic (exact) mass is 749 g/mol. The molecule has 5 rings (SSSR count). The molecule has 2 amide bonds. The number of nitrogens with one attached hydrogen (secondary N) is 2. The van der Waals surface area contributed by atoms with Crippen molar-refractivity contribution in [2.24, 2.45) is 11.8 Å². The third kappa shape index (κ3) is 11.2. The summed E-state index contributed by atoms with van der Waals surface area (Å²) in [6.45, 7) is 3.40. The molecule has 290 valence electrons. The van der Waals surface area contributed by atoms with E-state index in [1.165, 1.54) is 0 Å². The molecule has 2 fully saturated rings. The van der Waals surface area contributed by atoms with Crippen LogP contribution in [-0.4, -0.2) is 119 Å². The standard InChI is InChI=1S/C39H47N3O12/c1-23(2)20-53-36-16-28-31(43)18-42(37(28)32(54-36)21-52-35(47)22-51-27-13-12-25-10-6-7-11-26(25)15-27)19-33(44)40-29(17-34(45)46)38(48)41-30(39(49)50)14-24-8-4-3-5-9-24/h3-13,15,23,28-32,36-37,43H,14,16-22H2,1-2H3,(H,40,44)(H,41,48)(H,45,46)(H,49,50)/t28-,29-,30-,31+,32+,36-,37-/m0/s1. The van der Waals surface area contributed by atoms with Crippen LogP contribution in [-0.2, 0) is 44.6 Å². The Labute approximate surface area is 312 Å². The number of benzene rings is 3. The predicted octanol–water partition coefficient (Wildman–Crippen LogP) is 1.98. The van der Waals surface area contributed by atoms with Crippen molar-refractivity contribution in [3.63, 3.8) is 0 Å². The Kier molecular flexibility index (Phi) is 14.0. The maximum atomic E-state index is 13.4. The summed E-state index contributed by atoms with van der Waals surface area (Å²) >= 11 is 0. The highest BCUT2D eigenvalue weighted by Gasteiger charge is 2.51. The lowest BCUT2D eigenvalue weighted by atomic mass is 9.88. The first-order valence-corrected chi connectivity index (χ1v) is 17.9. The molecule has 0 aromatic heterocycles. The van der Waals surface area contributed by atoms with Gasteiger partial charge in [-0.3, -0.25) is 19.3 Å². The smallest absolute Gasteiger partial charge is 0.344 e. The van der Waals surface area contributed by atoms with Crippen LogP contribution in [0.4, 0.5) is 0 Å². The zero-order valence-electron chi connectivity index (χ0n) is 30.2. The second kappa shape index (κ2) is 18.8. The first kappa shape index (κ1) is 40.1. The van der Waals surface area contributed by atoms with Crippen LogP contribution in [0.25, 0.3) is 10.8 Å². The number of nitrogens with zero attached hydrogens (tertiary/aromatic N) is 1. The second-order valence-electron chi connectivity index (χ2n) is 14.0. The number of carboxylic acids is 2. The van der Waals surface area contributed by atoms with Gasteiger partial charge in [0.2, 0.25) is 11.8 Å². The number of esters is 1. The van der Waals surface area contributed by atoms with E-state index in [2.05, 4.69) is 10.6 Å². The SMILES string of the molecule is CC(C)CO[C@@H]1C[C@@H]2[C@@H]([C@@H](COC(=O)COc3ccc4ccccc4c3)O1)N(CC(=O)N[C@@H](CC(=O)O)C(=O)N[C@@H](Cc1ccccc1)C(=O)O)C[C@H]2O. The van der Waals surface area contributed by atoms with E-state index in [4.69, 9.17) is 18.9 Å². The highest BCUT2D eigenvalue weighted by molar-refractivity contribution is 5.93. The molecule has 2 saturated heterocycles. The lowest BCUT2D eigenvalue weighted by Crippen LogP contribution is -2.57. The van der Waals surface area contributed by atoms with Crippen molar-refractivity contribution in [3.8, 4) is 5.75 Å². The molecule has 3 aromatic rings. The molecular formula is C39H47N3O12. The number of carbonyl (C=O) groups is 5. The molecule has 2 aliphatic rings. The number of aliphatic carboxylic acids is 2. The highest BCUT2D eigenvalue weighted by atomic mass is 16.7. The average molecular weight is 750 g/mol. The predicted molar refractivity (Wildman–Crippen MR) is 193 cm³/mol. The summed E-state index contributed by atoms with van der Waals surface area (Å²) in [6.07, 6.45) is -3.01. The highest BCUT2D eigenvalue weighted by Crippen LogP contribution is 2.37. The van der Waals surface area contributed by atoms with Crippen molar-refractivity contribution in [2.75, 3.05) is 32.9 Å². The van der Waals surface area contributed by atoms with Crippen LogP contribution < -0.4 is 15.4 Å². The molecule has 0 bridgehead atoms. The fourth-order valence-electron chi connectivity index (χ4n) is 6.82. The van der Waals surface area contributed by atoms with E-state index < -0.39 is 78.7 Å². The van der Waals surface area contributed by atoms with Gasteiger partial charge in [-0.2, -0.15) is 0 Å². The van der Waals surface area contributed by atoms with Gasteiger partial charge in [0.1, 0.15) is 30.5 Å². The average Bonchev–Trinajstić information content (AvgIpc) is 3.45. The Balaban J connectivity index is 1.23. The number of hydrogen-bond acceptors (Lipinski definition) is 11. The van der Waals surface area contributed by atoms with E-state index in [0.717, 1.165) is 10.8 Å². The van der Waals surface area contributed by atoms with Crippen molar-refractivity contribution in [2.45, 2.75) is 69.7 Å². The van der Waals surface area contributed by atoms with Crippen molar-refractivity contribution in [1.29, 1.82) is 0 Å². The molecule has 2 aliphatic heterocycles. The quantitative estimate of drug-likeness (QED) is 0.118. The van der Waals surface area contributed by atoms with Gasteiger partial charge < -0.3 is 44.9 Å². The Hall–Kier alpha value is -5.09. The second-order valence-corrected chi connectivity index (χ2v) is 14.0.